The molecular formula is C18H16F2N2O. The minimum Gasteiger partial charge on any atom is -0.444 e. The number of rotatable bonds is 5. The van der Waals surface area contributed by atoms with Crippen LogP contribution in [0, 0.1) is 11.6 Å². The molecule has 0 aliphatic rings. The Balaban J connectivity index is 1.65. The predicted octanol–water partition coefficient (Wildman–Crippen LogP) is 4.25. The first-order valence-corrected chi connectivity index (χ1v) is 7.23. The quantitative estimate of drug-likeness (QED) is 0.705. The third kappa shape index (κ3) is 4.02. The van der Waals surface area contributed by atoms with E-state index in [0.717, 1.165) is 16.8 Å². The third-order valence-corrected chi connectivity index (χ3v) is 3.42. The Morgan fingerprint density at radius 2 is 1.78 bits per heavy atom. The summed E-state index contributed by atoms with van der Waals surface area (Å²) in [5.74, 6) is -0.0783. The minimum atomic E-state index is -0.296. The Bertz CT molecular complexity index is 784. The highest BCUT2D eigenvalue weighted by atomic mass is 19.1. The van der Waals surface area contributed by atoms with E-state index in [1.807, 2.05) is 18.0 Å². The van der Waals surface area contributed by atoms with E-state index in [-0.39, 0.29) is 11.6 Å². The smallest absolute Gasteiger partial charge is 0.226 e. The van der Waals surface area contributed by atoms with Crippen LogP contribution in [-0.4, -0.2) is 16.9 Å². The Hall–Kier alpha value is -2.53. The van der Waals surface area contributed by atoms with Gasteiger partial charge in [-0.3, -0.25) is 4.90 Å². The molecule has 0 radical (unpaired) electrons. The Morgan fingerprint density at radius 1 is 1.00 bits per heavy atom. The maximum Gasteiger partial charge on any atom is 0.226 e. The molecule has 0 saturated heterocycles. The molecule has 5 heteroatoms. The van der Waals surface area contributed by atoms with Crippen LogP contribution in [0.2, 0.25) is 0 Å². The Morgan fingerprint density at radius 3 is 2.52 bits per heavy atom. The Kier molecular flexibility index (Phi) is 4.48. The number of aromatic nitrogens is 1. The lowest BCUT2D eigenvalue weighted by molar-refractivity contribution is 0.314. The number of hydrogen-bond acceptors (Lipinski definition) is 3. The second-order valence-electron chi connectivity index (χ2n) is 5.45. The van der Waals surface area contributed by atoms with Gasteiger partial charge < -0.3 is 4.42 Å². The summed E-state index contributed by atoms with van der Waals surface area (Å²) >= 11 is 0. The molecule has 0 spiro atoms. The van der Waals surface area contributed by atoms with Gasteiger partial charge in [-0.1, -0.05) is 12.1 Å². The molecule has 0 aliphatic carbocycles. The minimum absolute atomic E-state index is 0.240. The highest BCUT2D eigenvalue weighted by Crippen LogP contribution is 2.19. The molecule has 0 amide bonds. The summed E-state index contributed by atoms with van der Waals surface area (Å²) in [7, 11) is 1.93. The zero-order valence-electron chi connectivity index (χ0n) is 12.7. The monoisotopic (exact) mass is 314 g/mol. The molecule has 3 aromatic rings. The molecule has 0 unspecified atom stereocenters. The molecule has 0 N–H and O–H groups in total. The predicted molar refractivity (Wildman–Crippen MR) is 83.5 cm³/mol. The molecule has 0 saturated carbocycles. The van der Waals surface area contributed by atoms with Crippen LogP contribution in [0.1, 0.15) is 11.3 Å². The van der Waals surface area contributed by atoms with Crippen molar-refractivity contribution in [1.29, 1.82) is 0 Å². The molecule has 2 aromatic carbocycles. The third-order valence-electron chi connectivity index (χ3n) is 3.42. The van der Waals surface area contributed by atoms with Crippen molar-refractivity contribution < 1.29 is 13.2 Å². The first-order chi connectivity index (χ1) is 11.1. The summed E-state index contributed by atoms with van der Waals surface area (Å²) < 4.78 is 31.6. The van der Waals surface area contributed by atoms with Crippen molar-refractivity contribution in [3.63, 3.8) is 0 Å². The van der Waals surface area contributed by atoms with E-state index in [1.165, 1.54) is 24.3 Å². The van der Waals surface area contributed by atoms with Crippen molar-refractivity contribution in [2.75, 3.05) is 7.05 Å². The normalized spacial score (nSPS) is 11.1. The van der Waals surface area contributed by atoms with Crippen molar-refractivity contribution >= 4 is 0 Å². The van der Waals surface area contributed by atoms with E-state index in [9.17, 15) is 8.78 Å². The van der Waals surface area contributed by atoms with Crippen molar-refractivity contribution in [3.05, 3.63) is 77.7 Å². The fraction of sp³-hybridized carbons (Fsp3) is 0.167. The van der Waals surface area contributed by atoms with E-state index < -0.39 is 0 Å². The fourth-order valence-electron chi connectivity index (χ4n) is 2.38. The number of nitrogens with zero attached hydrogens (tertiary/aromatic N) is 2. The van der Waals surface area contributed by atoms with Crippen LogP contribution in [-0.2, 0) is 13.1 Å². The van der Waals surface area contributed by atoms with Crippen LogP contribution >= 0.6 is 0 Å². The van der Waals surface area contributed by atoms with Gasteiger partial charge in [0.1, 0.15) is 17.9 Å². The lowest BCUT2D eigenvalue weighted by atomic mass is 10.2. The lowest BCUT2D eigenvalue weighted by Crippen LogP contribution is -2.17. The maximum absolute atomic E-state index is 13.2. The largest absolute Gasteiger partial charge is 0.444 e. The molecule has 0 aliphatic heterocycles. The zero-order chi connectivity index (χ0) is 16.2. The van der Waals surface area contributed by atoms with Gasteiger partial charge in [-0.05, 0) is 49.0 Å². The summed E-state index contributed by atoms with van der Waals surface area (Å²) in [6.45, 7) is 1.18. The molecule has 0 atom stereocenters. The number of hydrogen-bond donors (Lipinski definition) is 0. The van der Waals surface area contributed by atoms with Gasteiger partial charge in [-0.2, -0.15) is 0 Å². The van der Waals surface area contributed by atoms with E-state index >= 15 is 0 Å². The van der Waals surface area contributed by atoms with Crippen molar-refractivity contribution in [2.24, 2.45) is 0 Å². The van der Waals surface area contributed by atoms with Gasteiger partial charge in [-0.15, -0.1) is 0 Å². The molecule has 0 fully saturated rings. The first-order valence-electron chi connectivity index (χ1n) is 7.23. The first kappa shape index (κ1) is 15.4. The van der Waals surface area contributed by atoms with Crippen LogP contribution < -0.4 is 0 Å². The van der Waals surface area contributed by atoms with Crippen molar-refractivity contribution in [3.8, 4) is 11.5 Å². The highest BCUT2D eigenvalue weighted by Gasteiger charge is 2.09. The summed E-state index contributed by atoms with van der Waals surface area (Å²) in [4.78, 5) is 6.42. The van der Waals surface area contributed by atoms with Crippen LogP contribution in [0.15, 0.2) is 59.2 Å². The molecule has 0 bridgehead atoms. The standard InChI is InChI=1S/C18H16F2N2O/c1-22(10-13-3-2-4-16(20)9-13)11-17-12-23-18(21-17)14-5-7-15(19)8-6-14/h2-9,12H,10-11H2,1H3. The van der Waals surface area contributed by atoms with Crippen LogP contribution in [0.5, 0.6) is 0 Å². The maximum atomic E-state index is 13.2. The molecule has 3 nitrogen and oxygen atoms in total. The molecule has 1 aromatic heterocycles. The number of halogens is 2. The second-order valence-corrected chi connectivity index (χ2v) is 5.45. The van der Waals surface area contributed by atoms with Crippen LogP contribution in [0.4, 0.5) is 8.78 Å². The van der Waals surface area contributed by atoms with Gasteiger partial charge in [0.2, 0.25) is 5.89 Å². The summed E-state index contributed by atoms with van der Waals surface area (Å²) in [5.41, 5.74) is 2.39. The van der Waals surface area contributed by atoms with E-state index in [0.29, 0.717) is 19.0 Å². The summed E-state index contributed by atoms with van der Waals surface area (Å²) in [6, 6.07) is 12.5. The van der Waals surface area contributed by atoms with Gasteiger partial charge in [0.25, 0.3) is 0 Å². The molecule has 23 heavy (non-hydrogen) atoms. The molecule has 118 valence electrons. The number of benzene rings is 2. The summed E-state index contributed by atoms with van der Waals surface area (Å²) in [6.07, 6.45) is 1.58. The second kappa shape index (κ2) is 6.71. The average Bonchev–Trinajstić information content (AvgIpc) is 2.96. The van der Waals surface area contributed by atoms with Crippen molar-refractivity contribution in [1.82, 2.24) is 9.88 Å². The van der Waals surface area contributed by atoms with Crippen molar-refractivity contribution in [2.45, 2.75) is 13.1 Å². The lowest BCUT2D eigenvalue weighted by Gasteiger charge is -2.14. The average molecular weight is 314 g/mol. The van der Waals surface area contributed by atoms with Gasteiger partial charge in [0, 0.05) is 18.7 Å². The van der Waals surface area contributed by atoms with Crippen LogP contribution in [0.25, 0.3) is 11.5 Å². The highest BCUT2D eigenvalue weighted by molar-refractivity contribution is 5.52. The molecule has 1 heterocycles. The van der Waals surface area contributed by atoms with Gasteiger partial charge in [0.15, 0.2) is 0 Å². The van der Waals surface area contributed by atoms with E-state index in [2.05, 4.69) is 4.98 Å². The van der Waals surface area contributed by atoms with Gasteiger partial charge in [0.05, 0.1) is 5.69 Å². The molecule has 3 rings (SSSR count). The molecular weight excluding hydrogens is 298 g/mol. The topological polar surface area (TPSA) is 29.3 Å². The van der Waals surface area contributed by atoms with Crippen LogP contribution in [0.3, 0.4) is 0 Å². The van der Waals surface area contributed by atoms with E-state index in [4.69, 9.17) is 4.42 Å². The zero-order valence-corrected chi connectivity index (χ0v) is 12.7. The van der Waals surface area contributed by atoms with E-state index in [1.54, 1.807) is 24.5 Å². The SMILES string of the molecule is CN(Cc1cccc(F)c1)Cc1coc(-c2ccc(F)cc2)n1. The van der Waals surface area contributed by atoms with Gasteiger partial charge >= 0.3 is 0 Å². The van der Waals surface area contributed by atoms with Gasteiger partial charge in [-0.25, -0.2) is 13.8 Å². The number of oxazole rings is 1. The summed E-state index contributed by atoms with van der Waals surface area (Å²) in [5, 5.41) is 0. The Labute approximate surface area is 133 Å². The fourth-order valence-corrected chi connectivity index (χ4v) is 2.38.